The fourth-order valence-corrected chi connectivity index (χ4v) is 3.05. The molecule has 0 aliphatic carbocycles. The number of hydrazone groups is 1. The SMILES string of the molecule is Cc1ccccc1NCC(=O)N/N=C/c1cc(Br)c(O)c(Br)c1. The first-order valence-corrected chi connectivity index (χ1v) is 8.35. The van der Waals surface area contributed by atoms with Crippen LogP contribution in [0.25, 0.3) is 0 Å². The minimum Gasteiger partial charge on any atom is -0.506 e. The Balaban J connectivity index is 1.88. The van der Waals surface area contributed by atoms with Crippen molar-refractivity contribution >= 4 is 49.7 Å². The maximum atomic E-state index is 11.8. The van der Waals surface area contributed by atoms with Crippen molar-refractivity contribution < 1.29 is 9.90 Å². The van der Waals surface area contributed by atoms with Crippen LogP contribution < -0.4 is 10.7 Å². The molecule has 2 aromatic rings. The van der Waals surface area contributed by atoms with Crippen molar-refractivity contribution in [3.63, 3.8) is 0 Å². The lowest BCUT2D eigenvalue weighted by Gasteiger charge is -2.07. The van der Waals surface area contributed by atoms with Gasteiger partial charge in [-0.3, -0.25) is 4.79 Å². The molecule has 2 aromatic carbocycles. The van der Waals surface area contributed by atoms with Crippen LogP contribution in [0.1, 0.15) is 11.1 Å². The van der Waals surface area contributed by atoms with Crippen LogP contribution >= 0.6 is 31.9 Å². The van der Waals surface area contributed by atoms with Gasteiger partial charge in [-0.2, -0.15) is 5.10 Å². The number of anilines is 1. The second-order valence-electron chi connectivity index (χ2n) is 4.79. The molecule has 0 bridgehead atoms. The maximum Gasteiger partial charge on any atom is 0.259 e. The van der Waals surface area contributed by atoms with Crippen LogP contribution in [0.5, 0.6) is 5.75 Å². The Morgan fingerprint density at radius 1 is 1.26 bits per heavy atom. The summed E-state index contributed by atoms with van der Waals surface area (Å²) in [6, 6.07) is 11.1. The fourth-order valence-electron chi connectivity index (χ4n) is 1.82. The van der Waals surface area contributed by atoms with E-state index < -0.39 is 0 Å². The number of hydrogen-bond donors (Lipinski definition) is 3. The topological polar surface area (TPSA) is 73.7 Å². The number of nitrogens with zero attached hydrogens (tertiary/aromatic N) is 1. The van der Waals surface area contributed by atoms with Crippen LogP contribution in [0.15, 0.2) is 50.4 Å². The van der Waals surface area contributed by atoms with Crippen molar-refractivity contribution in [2.24, 2.45) is 5.10 Å². The number of amides is 1. The van der Waals surface area contributed by atoms with E-state index >= 15 is 0 Å². The minimum absolute atomic E-state index is 0.119. The highest BCUT2D eigenvalue weighted by atomic mass is 79.9. The summed E-state index contributed by atoms with van der Waals surface area (Å²) >= 11 is 6.47. The number of phenolic OH excluding ortho intramolecular Hbond substituents is 1. The molecule has 2 rings (SSSR count). The van der Waals surface area contributed by atoms with Gasteiger partial charge in [-0.05, 0) is 68.1 Å². The van der Waals surface area contributed by atoms with Gasteiger partial charge in [0.15, 0.2) is 0 Å². The van der Waals surface area contributed by atoms with E-state index in [1.54, 1.807) is 12.1 Å². The van der Waals surface area contributed by atoms with Crippen molar-refractivity contribution in [1.82, 2.24) is 5.43 Å². The third-order valence-corrected chi connectivity index (χ3v) is 4.24. The number of hydrogen-bond acceptors (Lipinski definition) is 4. The molecule has 1 amide bonds. The molecule has 7 heteroatoms. The summed E-state index contributed by atoms with van der Waals surface area (Å²) in [5.41, 5.74) is 5.17. The number of phenols is 1. The lowest BCUT2D eigenvalue weighted by molar-refractivity contribution is -0.119. The molecule has 120 valence electrons. The molecular weight excluding hydrogens is 426 g/mol. The van der Waals surface area contributed by atoms with Crippen LogP contribution in [-0.4, -0.2) is 23.8 Å². The third-order valence-electron chi connectivity index (χ3n) is 3.03. The van der Waals surface area contributed by atoms with E-state index in [0.29, 0.717) is 8.95 Å². The van der Waals surface area contributed by atoms with Crippen LogP contribution in [-0.2, 0) is 4.79 Å². The quantitative estimate of drug-likeness (QED) is 0.489. The first kappa shape index (κ1) is 17.5. The molecule has 23 heavy (non-hydrogen) atoms. The van der Waals surface area contributed by atoms with Crippen LogP contribution in [0.2, 0.25) is 0 Å². The van der Waals surface area contributed by atoms with Crippen LogP contribution in [0.3, 0.4) is 0 Å². The number of carbonyl (C=O) groups is 1. The average Bonchev–Trinajstić information content (AvgIpc) is 2.52. The van der Waals surface area contributed by atoms with Gasteiger partial charge < -0.3 is 10.4 Å². The molecule has 0 fully saturated rings. The van der Waals surface area contributed by atoms with Crippen molar-refractivity contribution in [2.45, 2.75) is 6.92 Å². The predicted octanol–water partition coefficient (Wildman–Crippen LogP) is 3.79. The Labute approximate surface area is 151 Å². The second kappa shape index (κ2) is 8.12. The highest BCUT2D eigenvalue weighted by molar-refractivity contribution is 9.11. The van der Waals surface area contributed by atoms with E-state index in [1.807, 2.05) is 31.2 Å². The Bertz CT molecular complexity index is 725. The lowest BCUT2D eigenvalue weighted by atomic mass is 10.2. The summed E-state index contributed by atoms with van der Waals surface area (Å²) in [6.45, 7) is 2.10. The number of aromatic hydroxyl groups is 1. The van der Waals surface area contributed by atoms with Crippen LogP contribution in [0.4, 0.5) is 5.69 Å². The predicted molar refractivity (Wildman–Crippen MR) is 98.9 cm³/mol. The number of carbonyl (C=O) groups excluding carboxylic acids is 1. The van der Waals surface area contributed by atoms with Gasteiger partial charge in [-0.15, -0.1) is 0 Å². The van der Waals surface area contributed by atoms with E-state index in [1.165, 1.54) is 6.21 Å². The number of aryl methyl sites for hydroxylation is 1. The highest BCUT2D eigenvalue weighted by Gasteiger charge is 2.05. The summed E-state index contributed by atoms with van der Waals surface area (Å²) in [4.78, 5) is 11.8. The smallest absolute Gasteiger partial charge is 0.259 e. The Morgan fingerprint density at radius 2 is 1.91 bits per heavy atom. The largest absolute Gasteiger partial charge is 0.506 e. The Kier molecular flexibility index (Phi) is 6.18. The molecule has 0 aliphatic heterocycles. The summed E-state index contributed by atoms with van der Waals surface area (Å²) in [5.74, 6) is -0.130. The van der Waals surface area contributed by atoms with E-state index in [2.05, 4.69) is 47.7 Å². The van der Waals surface area contributed by atoms with Crippen molar-refractivity contribution in [3.8, 4) is 5.75 Å². The number of nitrogens with one attached hydrogen (secondary N) is 2. The first-order valence-electron chi connectivity index (χ1n) is 6.77. The maximum absolute atomic E-state index is 11.8. The van der Waals surface area contributed by atoms with Crippen molar-refractivity contribution in [1.29, 1.82) is 0 Å². The van der Waals surface area contributed by atoms with Gasteiger partial charge in [-0.1, -0.05) is 18.2 Å². The third kappa shape index (κ3) is 5.07. The number of halogens is 2. The zero-order chi connectivity index (χ0) is 16.8. The van der Waals surface area contributed by atoms with E-state index in [0.717, 1.165) is 16.8 Å². The molecule has 0 saturated heterocycles. The van der Waals surface area contributed by atoms with E-state index in [9.17, 15) is 9.90 Å². The van der Waals surface area contributed by atoms with Crippen molar-refractivity contribution in [2.75, 3.05) is 11.9 Å². The highest BCUT2D eigenvalue weighted by Crippen LogP contribution is 2.32. The molecule has 0 unspecified atom stereocenters. The molecule has 5 nitrogen and oxygen atoms in total. The molecule has 0 aliphatic rings. The van der Waals surface area contributed by atoms with Crippen molar-refractivity contribution in [3.05, 3.63) is 56.5 Å². The Hall–Kier alpha value is -1.86. The lowest BCUT2D eigenvalue weighted by Crippen LogP contribution is -2.26. The molecule has 0 saturated carbocycles. The molecule has 0 heterocycles. The molecule has 0 radical (unpaired) electrons. The number of benzene rings is 2. The zero-order valence-corrected chi connectivity index (χ0v) is 15.5. The molecular formula is C16H15Br2N3O2. The van der Waals surface area contributed by atoms with Crippen LogP contribution in [0, 0.1) is 6.92 Å². The average molecular weight is 441 g/mol. The molecule has 0 atom stereocenters. The summed E-state index contributed by atoms with van der Waals surface area (Å²) in [7, 11) is 0. The second-order valence-corrected chi connectivity index (χ2v) is 6.50. The van der Waals surface area contributed by atoms with Gasteiger partial charge in [0.05, 0.1) is 21.7 Å². The summed E-state index contributed by atoms with van der Waals surface area (Å²) < 4.78 is 1.08. The van der Waals surface area contributed by atoms with Gasteiger partial charge in [0.2, 0.25) is 0 Å². The van der Waals surface area contributed by atoms with E-state index in [4.69, 9.17) is 0 Å². The first-order chi connectivity index (χ1) is 11.0. The number of rotatable bonds is 5. The monoisotopic (exact) mass is 439 g/mol. The summed E-state index contributed by atoms with van der Waals surface area (Å²) in [6.07, 6.45) is 1.50. The fraction of sp³-hybridized carbons (Fsp3) is 0.125. The number of para-hydroxylation sites is 1. The molecule has 0 spiro atoms. The normalized spacial score (nSPS) is 10.7. The van der Waals surface area contributed by atoms with Gasteiger partial charge in [0.25, 0.3) is 5.91 Å². The van der Waals surface area contributed by atoms with Gasteiger partial charge in [0.1, 0.15) is 5.75 Å². The Morgan fingerprint density at radius 3 is 2.57 bits per heavy atom. The molecule has 0 aromatic heterocycles. The minimum atomic E-state index is -0.249. The zero-order valence-electron chi connectivity index (χ0n) is 12.3. The van der Waals surface area contributed by atoms with E-state index in [-0.39, 0.29) is 18.2 Å². The summed E-state index contributed by atoms with van der Waals surface area (Å²) in [5, 5.41) is 16.6. The molecule has 3 N–H and O–H groups in total. The standard InChI is InChI=1S/C16H15Br2N3O2/c1-10-4-2-3-5-14(10)19-9-15(22)21-20-8-11-6-12(17)16(23)13(18)7-11/h2-8,19,23H,9H2,1H3,(H,21,22)/b20-8+. The van der Waals surface area contributed by atoms with Gasteiger partial charge in [-0.25, -0.2) is 5.43 Å². The van der Waals surface area contributed by atoms with Gasteiger partial charge >= 0.3 is 0 Å². The van der Waals surface area contributed by atoms with Gasteiger partial charge in [0, 0.05) is 5.69 Å².